The molecule has 2 amide bonds. The van der Waals surface area contributed by atoms with Crippen LogP contribution < -0.4 is 10.6 Å². The number of hydrogen-bond acceptors (Lipinski definition) is 6. The average Bonchev–Trinajstić information content (AvgIpc) is 2.73. The molecule has 178 valence electrons. The SMILES string of the molecule is CC1(C)CC(C(=O)NC(Cc2ccc(O)cc2)C(=O)NC2CCSCC2)CC(C)(C)N1O. The number of nitrogens with one attached hydrogen (secondary N) is 2. The zero-order chi connectivity index (χ0) is 23.5. The van der Waals surface area contributed by atoms with Crippen molar-refractivity contribution in [2.24, 2.45) is 5.92 Å². The van der Waals surface area contributed by atoms with Crippen molar-refractivity contribution in [1.82, 2.24) is 15.7 Å². The van der Waals surface area contributed by atoms with Crippen molar-refractivity contribution in [3.05, 3.63) is 29.8 Å². The van der Waals surface area contributed by atoms with Crippen LogP contribution in [0, 0.1) is 5.92 Å². The van der Waals surface area contributed by atoms with E-state index in [-0.39, 0.29) is 29.5 Å². The molecule has 2 fully saturated rings. The van der Waals surface area contributed by atoms with Crippen LogP contribution in [-0.2, 0) is 16.0 Å². The summed E-state index contributed by atoms with van der Waals surface area (Å²) in [5, 5.41) is 27.6. The summed E-state index contributed by atoms with van der Waals surface area (Å²) in [5.74, 6) is 1.61. The largest absolute Gasteiger partial charge is 0.508 e. The molecule has 1 aromatic rings. The van der Waals surface area contributed by atoms with E-state index in [2.05, 4.69) is 10.6 Å². The second-order valence-corrected chi connectivity index (χ2v) is 11.6. The van der Waals surface area contributed by atoms with E-state index in [0.717, 1.165) is 29.9 Å². The fourth-order valence-electron chi connectivity index (χ4n) is 4.97. The minimum Gasteiger partial charge on any atom is -0.508 e. The molecule has 0 bridgehead atoms. The summed E-state index contributed by atoms with van der Waals surface area (Å²) < 4.78 is 0. The summed E-state index contributed by atoms with van der Waals surface area (Å²) in [6.45, 7) is 7.71. The van der Waals surface area contributed by atoms with E-state index in [9.17, 15) is 19.9 Å². The minimum absolute atomic E-state index is 0.137. The lowest BCUT2D eigenvalue weighted by atomic mass is 9.75. The van der Waals surface area contributed by atoms with E-state index in [4.69, 9.17) is 0 Å². The number of benzene rings is 1. The van der Waals surface area contributed by atoms with Gasteiger partial charge < -0.3 is 20.9 Å². The van der Waals surface area contributed by atoms with E-state index in [0.29, 0.717) is 19.3 Å². The van der Waals surface area contributed by atoms with Crippen LogP contribution in [0.25, 0.3) is 0 Å². The third-order valence-corrected chi connectivity index (χ3v) is 7.63. The van der Waals surface area contributed by atoms with Crippen molar-refractivity contribution in [2.45, 2.75) is 83.0 Å². The van der Waals surface area contributed by atoms with Crippen LogP contribution in [0.2, 0.25) is 0 Å². The second kappa shape index (κ2) is 10.0. The number of rotatable bonds is 6. The van der Waals surface area contributed by atoms with Gasteiger partial charge in [0.25, 0.3) is 0 Å². The summed E-state index contributed by atoms with van der Waals surface area (Å²) in [4.78, 5) is 26.5. The van der Waals surface area contributed by atoms with Gasteiger partial charge in [-0.3, -0.25) is 9.59 Å². The number of hydroxylamine groups is 2. The summed E-state index contributed by atoms with van der Waals surface area (Å²) >= 11 is 1.90. The van der Waals surface area contributed by atoms with Crippen LogP contribution in [0.15, 0.2) is 24.3 Å². The number of amides is 2. The Hall–Kier alpha value is -1.77. The molecule has 2 heterocycles. The van der Waals surface area contributed by atoms with Gasteiger partial charge in [-0.05, 0) is 82.6 Å². The molecular weight excluding hydrogens is 426 g/mol. The van der Waals surface area contributed by atoms with E-state index >= 15 is 0 Å². The fourth-order valence-corrected chi connectivity index (χ4v) is 6.07. The molecule has 1 aromatic carbocycles. The molecule has 0 radical (unpaired) electrons. The second-order valence-electron chi connectivity index (χ2n) is 10.4. The predicted octanol–water partition coefficient (Wildman–Crippen LogP) is 3.09. The summed E-state index contributed by atoms with van der Waals surface area (Å²) in [6.07, 6.45) is 3.24. The van der Waals surface area contributed by atoms with Gasteiger partial charge in [0.1, 0.15) is 11.8 Å². The molecule has 2 aliphatic rings. The molecule has 0 aliphatic carbocycles. The molecular formula is C24H37N3O4S. The zero-order valence-electron chi connectivity index (χ0n) is 19.6. The Bertz CT molecular complexity index is 788. The first-order valence-corrected chi connectivity index (χ1v) is 12.6. The Labute approximate surface area is 195 Å². The van der Waals surface area contributed by atoms with Gasteiger partial charge in [0.2, 0.25) is 11.8 Å². The normalized spacial score (nSPS) is 22.8. The number of hydrogen-bond donors (Lipinski definition) is 4. The maximum atomic E-state index is 13.3. The van der Waals surface area contributed by atoms with Gasteiger partial charge >= 0.3 is 0 Å². The Kier molecular flexibility index (Phi) is 7.78. The topological polar surface area (TPSA) is 102 Å². The highest BCUT2D eigenvalue weighted by atomic mass is 32.2. The first-order chi connectivity index (χ1) is 15.0. The van der Waals surface area contributed by atoms with Crippen molar-refractivity contribution < 1.29 is 19.9 Å². The molecule has 1 unspecified atom stereocenters. The molecule has 8 heteroatoms. The first-order valence-electron chi connectivity index (χ1n) is 11.4. The standard InChI is InChI=1S/C24H37N3O4S/c1-23(2)14-17(15-24(3,4)27(23)31)21(29)26-20(13-16-5-7-19(28)8-6-16)22(30)25-18-9-11-32-12-10-18/h5-8,17-18,20,28,31H,9-15H2,1-4H3,(H,25,30)(H,26,29). The van der Waals surface area contributed by atoms with Crippen LogP contribution in [0.1, 0.15) is 58.9 Å². The lowest BCUT2D eigenvalue weighted by molar-refractivity contribution is -0.249. The average molecular weight is 464 g/mol. The lowest BCUT2D eigenvalue weighted by Gasteiger charge is -2.51. The molecule has 0 saturated carbocycles. The lowest BCUT2D eigenvalue weighted by Crippen LogP contribution is -2.61. The number of thioether (sulfide) groups is 1. The van der Waals surface area contributed by atoms with Crippen LogP contribution in [0.5, 0.6) is 5.75 Å². The van der Waals surface area contributed by atoms with Crippen LogP contribution >= 0.6 is 11.8 Å². The smallest absolute Gasteiger partial charge is 0.243 e. The Balaban J connectivity index is 1.73. The molecule has 2 aliphatic heterocycles. The Morgan fingerprint density at radius 3 is 2.22 bits per heavy atom. The van der Waals surface area contributed by atoms with E-state index < -0.39 is 17.1 Å². The van der Waals surface area contributed by atoms with Gasteiger partial charge in [-0.25, -0.2) is 0 Å². The monoisotopic (exact) mass is 463 g/mol. The molecule has 0 spiro atoms. The van der Waals surface area contributed by atoms with E-state index in [1.807, 2.05) is 39.5 Å². The minimum atomic E-state index is -0.694. The van der Waals surface area contributed by atoms with Crippen LogP contribution in [0.3, 0.4) is 0 Å². The zero-order valence-corrected chi connectivity index (χ0v) is 20.4. The highest BCUT2D eigenvalue weighted by Crippen LogP contribution is 2.40. The quantitative estimate of drug-likeness (QED) is 0.517. The highest BCUT2D eigenvalue weighted by Gasteiger charge is 2.47. The van der Waals surface area contributed by atoms with Gasteiger partial charge in [0.15, 0.2) is 0 Å². The molecule has 1 atom stereocenters. The summed E-state index contributed by atoms with van der Waals surface area (Å²) in [5.41, 5.74) is -0.218. The van der Waals surface area contributed by atoms with E-state index in [1.165, 1.54) is 5.06 Å². The Morgan fingerprint density at radius 1 is 1.09 bits per heavy atom. The van der Waals surface area contributed by atoms with Crippen molar-refractivity contribution >= 4 is 23.6 Å². The Morgan fingerprint density at radius 2 is 1.66 bits per heavy atom. The number of aromatic hydroxyl groups is 1. The van der Waals surface area contributed by atoms with Gasteiger partial charge in [-0.2, -0.15) is 16.8 Å². The fraction of sp³-hybridized carbons (Fsp3) is 0.667. The third-order valence-electron chi connectivity index (χ3n) is 6.59. The van der Waals surface area contributed by atoms with Crippen molar-refractivity contribution in [3.63, 3.8) is 0 Å². The molecule has 7 nitrogen and oxygen atoms in total. The maximum Gasteiger partial charge on any atom is 0.243 e. The molecule has 3 rings (SSSR count). The maximum absolute atomic E-state index is 13.3. The molecule has 4 N–H and O–H groups in total. The van der Waals surface area contributed by atoms with Crippen molar-refractivity contribution in [1.29, 1.82) is 0 Å². The number of phenolic OH excluding ortho intramolecular Hbond substituents is 1. The molecule has 2 saturated heterocycles. The number of carbonyl (C=O) groups is 2. The van der Waals surface area contributed by atoms with Gasteiger partial charge in [-0.1, -0.05) is 12.1 Å². The number of nitrogens with zero attached hydrogens (tertiary/aromatic N) is 1. The third kappa shape index (κ3) is 6.17. The van der Waals surface area contributed by atoms with E-state index in [1.54, 1.807) is 24.3 Å². The number of phenols is 1. The van der Waals surface area contributed by atoms with Gasteiger partial charge in [0.05, 0.1) is 0 Å². The van der Waals surface area contributed by atoms with Gasteiger partial charge in [0, 0.05) is 29.5 Å². The summed E-state index contributed by atoms with van der Waals surface area (Å²) in [7, 11) is 0. The van der Waals surface area contributed by atoms with Gasteiger partial charge in [-0.15, -0.1) is 0 Å². The number of piperidine rings is 1. The van der Waals surface area contributed by atoms with Crippen LogP contribution in [0.4, 0.5) is 0 Å². The van der Waals surface area contributed by atoms with Crippen molar-refractivity contribution in [2.75, 3.05) is 11.5 Å². The number of carbonyl (C=O) groups excluding carboxylic acids is 2. The predicted molar refractivity (Wildman–Crippen MR) is 127 cm³/mol. The first kappa shape index (κ1) is 24.9. The van der Waals surface area contributed by atoms with Crippen molar-refractivity contribution in [3.8, 4) is 5.75 Å². The van der Waals surface area contributed by atoms with Crippen LogP contribution in [-0.4, -0.2) is 61.9 Å². The highest BCUT2D eigenvalue weighted by molar-refractivity contribution is 7.99. The molecule has 32 heavy (non-hydrogen) atoms. The molecule has 0 aromatic heterocycles. The summed E-state index contributed by atoms with van der Waals surface area (Å²) in [6, 6.07) is 6.17.